The lowest BCUT2D eigenvalue weighted by molar-refractivity contribution is -0.351. The van der Waals surface area contributed by atoms with Crippen molar-refractivity contribution in [3.05, 3.63) is 108 Å². The zero-order valence-electron chi connectivity index (χ0n) is 17.2. The zero-order valence-corrected chi connectivity index (χ0v) is 17.2. The van der Waals surface area contributed by atoms with Crippen LogP contribution < -0.4 is 0 Å². The number of alkyl halides is 1. The molecule has 1 fully saturated rings. The fourth-order valence-electron chi connectivity index (χ4n) is 4.19. The molecule has 1 aliphatic heterocycles. The van der Waals surface area contributed by atoms with E-state index in [1.54, 1.807) is 0 Å². The van der Waals surface area contributed by atoms with Crippen molar-refractivity contribution in [2.75, 3.05) is 6.61 Å². The maximum atomic E-state index is 16.8. The van der Waals surface area contributed by atoms with Crippen LogP contribution in [0.1, 0.15) is 16.7 Å². The predicted octanol–water partition coefficient (Wildman–Crippen LogP) is 3.85. The van der Waals surface area contributed by atoms with Gasteiger partial charge in [-0.25, -0.2) is 4.39 Å². The van der Waals surface area contributed by atoms with Crippen molar-refractivity contribution in [1.29, 1.82) is 0 Å². The minimum absolute atomic E-state index is 0.0439. The van der Waals surface area contributed by atoms with E-state index in [9.17, 15) is 10.2 Å². The molecule has 0 amide bonds. The van der Waals surface area contributed by atoms with E-state index in [2.05, 4.69) is 0 Å². The maximum absolute atomic E-state index is 16.8. The zero-order chi connectivity index (χ0) is 21.7. The van der Waals surface area contributed by atoms with Gasteiger partial charge in [0.15, 0.2) is 5.60 Å². The van der Waals surface area contributed by atoms with Gasteiger partial charge in [-0.05, 0) is 16.7 Å². The second-order valence-corrected chi connectivity index (χ2v) is 8.04. The first-order chi connectivity index (χ1) is 15.0. The number of ether oxygens (including phenoxy) is 2. The summed E-state index contributed by atoms with van der Waals surface area (Å²) in [6.45, 7) is -0.239. The smallest absolute Gasteiger partial charge is 0.245 e. The third kappa shape index (κ3) is 4.55. The minimum Gasteiger partial charge on any atom is -0.388 e. The van der Waals surface area contributed by atoms with Crippen LogP contribution in [0.5, 0.6) is 0 Å². The van der Waals surface area contributed by atoms with Crippen LogP contribution in [0.4, 0.5) is 4.39 Å². The Morgan fingerprint density at radius 2 is 1.26 bits per heavy atom. The summed E-state index contributed by atoms with van der Waals surface area (Å²) in [6.07, 6.45) is -2.81. The fourth-order valence-corrected chi connectivity index (χ4v) is 4.19. The topological polar surface area (TPSA) is 58.9 Å². The van der Waals surface area contributed by atoms with Crippen molar-refractivity contribution in [3.8, 4) is 0 Å². The van der Waals surface area contributed by atoms with Gasteiger partial charge in [0, 0.05) is 12.8 Å². The highest BCUT2D eigenvalue weighted by Crippen LogP contribution is 2.45. The summed E-state index contributed by atoms with van der Waals surface area (Å²) in [6, 6.07) is 27.8. The molecule has 5 heteroatoms. The van der Waals surface area contributed by atoms with Crippen molar-refractivity contribution in [2.45, 2.75) is 43.1 Å². The van der Waals surface area contributed by atoms with E-state index in [1.807, 2.05) is 91.0 Å². The monoisotopic (exact) mass is 422 g/mol. The number of benzene rings is 3. The Morgan fingerprint density at radius 1 is 0.774 bits per heavy atom. The average molecular weight is 422 g/mol. The van der Waals surface area contributed by atoms with Gasteiger partial charge in [-0.1, -0.05) is 91.0 Å². The van der Waals surface area contributed by atoms with Crippen LogP contribution in [0.2, 0.25) is 0 Å². The number of rotatable bonds is 7. The molecule has 0 saturated carbocycles. The molecule has 4 rings (SSSR count). The number of hydrogen-bond acceptors (Lipinski definition) is 4. The Hall–Kier alpha value is -2.57. The second-order valence-electron chi connectivity index (χ2n) is 8.04. The standard InChI is InChI=1S/C26H27FO4/c27-26(17-21-12-6-2-7-13-21)25(24(29)23(28)19-31-26,16-20-10-4-1-5-11-20)30-18-22-14-8-3-9-15-22/h1-15,23-24,28-29H,16-19H2/t23-,24+,25-,26?/m1/s1. The molecule has 0 spiro atoms. The second kappa shape index (κ2) is 9.28. The molecule has 0 aliphatic carbocycles. The highest BCUT2D eigenvalue weighted by molar-refractivity contribution is 5.25. The van der Waals surface area contributed by atoms with Gasteiger partial charge in [-0.2, -0.15) is 0 Å². The lowest BCUT2D eigenvalue weighted by atomic mass is 9.75. The number of aliphatic hydroxyl groups is 2. The molecule has 0 aromatic heterocycles. The molecule has 1 heterocycles. The van der Waals surface area contributed by atoms with E-state index in [-0.39, 0.29) is 26.1 Å². The van der Waals surface area contributed by atoms with Crippen molar-refractivity contribution in [1.82, 2.24) is 0 Å². The summed E-state index contributed by atoms with van der Waals surface area (Å²) in [5, 5.41) is 21.6. The Bertz CT molecular complexity index is 953. The normalized spacial score (nSPS) is 28.4. The van der Waals surface area contributed by atoms with Gasteiger partial charge >= 0.3 is 0 Å². The Balaban J connectivity index is 1.75. The summed E-state index contributed by atoms with van der Waals surface area (Å²) < 4.78 is 28.6. The van der Waals surface area contributed by atoms with Crippen LogP contribution in [-0.2, 0) is 28.9 Å². The highest BCUT2D eigenvalue weighted by atomic mass is 19.2. The van der Waals surface area contributed by atoms with E-state index in [0.717, 1.165) is 11.1 Å². The molecule has 162 valence electrons. The van der Waals surface area contributed by atoms with E-state index in [4.69, 9.17) is 9.47 Å². The lowest BCUT2D eigenvalue weighted by Crippen LogP contribution is -2.71. The fraction of sp³-hybridized carbons (Fsp3) is 0.308. The van der Waals surface area contributed by atoms with Gasteiger partial charge < -0.3 is 19.7 Å². The Morgan fingerprint density at radius 3 is 1.81 bits per heavy atom. The molecular formula is C26H27FO4. The molecule has 4 atom stereocenters. The van der Waals surface area contributed by atoms with Gasteiger partial charge in [-0.3, -0.25) is 0 Å². The number of hydrogen-bond donors (Lipinski definition) is 2. The first kappa shape index (κ1) is 21.7. The third-order valence-corrected chi connectivity index (χ3v) is 5.88. The van der Waals surface area contributed by atoms with Gasteiger partial charge in [0.2, 0.25) is 5.85 Å². The van der Waals surface area contributed by atoms with Crippen LogP contribution in [-0.4, -0.2) is 40.5 Å². The molecule has 0 bridgehead atoms. The van der Waals surface area contributed by atoms with E-state index in [1.165, 1.54) is 0 Å². The van der Waals surface area contributed by atoms with Crippen LogP contribution in [0.3, 0.4) is 0 Å². The molecule has 31 heavy (non-hydrogen) atoms. The lowest BCUT2D eigenvalue weighted by Gasteiger charge is -2.52. The maximum Gasteiger partial charge on any atom is 0.245 e. The van der Waals surface area contributed by atoms with Crippen molar-refractivity contribution >= 4 is 0 Å². The molecule has 3 aromatic rings. The predicted molar refractivity (Wildman–Crippen MR) is 116 cm³/mol. The molecule has 2 N–H and O–H groups in total. The quantitative estimate of drug-likeness (QED) is 0.607. The van der Waals surface area contributed by atoms with E-state index >= 15 is 4.39 Å². The summed E-state index contributed by atoms with van der Waals surface area (Å²) in [5.41, 5.74) is 0.526. The van der Waals surface area contributed by atoms with Gasteiger partial charge in [0.05, 0.1) is 13.2 Å². The van der Waals surface area contributed by atoms with Gasteiger partial charge in [0.1, 0.15) is 12.2 Å². The Kier molecular flexibility index (Phi) is 6.49. The summed E-state index contributed by atoms with van der Waals surface area (Å²) in [4.78, 5) is 0. The van der Waals surface area contributed by atoms with Crippen LogP contribution in [0.25, 0.3) is 0 Å². The number of aliphatic hydroxyl groups excluding tert-OH is 2. The largest absolute Gasteiger partial charge is 0.388 e. The van der Waals surface area contributed by atoms with Crippen LogP contribution >= 0.6 is 0 Å². The van der Waals surface area contributed by atoms with Crippen molar-refractivity contribution in [2.24, 2.45) is 0 Å². The first-order valence-corrected chi connectivity index (χ1v) is 10.5. The molecule has 1 aliphatic rings. The van der Waals surface area contributed by atoms with Crippen LogP contribution in [0.15, 0.2) is 91.0 Å². The minimum atomic E-state index is -2.35. The average Bonchev–Trinajstić information content (AvgIpc) is 2.81. The molecule has 4 nitrogen and oxygen atoms in total. The first-order valence-electron chi connectivity index (χ1n) is 10.5. The molecule has 1 unspecified atom stereocenters. The molecular weight excluding hydrogens is 395 g/mol. The summed E-state index contributed by atoms with van der Waals surface area (Å²) >= 11 is 0. The molecule has 0 radical (unpaired) electrons. The molecule has 3 aromatic carbocycles. The van der Waals surface area contributed by atoms with Crippen molar-refractivity contribution < 1.29 is 24.1 Å². The molecule has 1 saturated heterocycles. The highest BCUT2D eigenvalue weighted by Gasteiger charge is 2.63. The number of halogens is 1. The van der Waals surface area contributed by atoms with Crippen molar-refractivity contribution in [3.63, 3.8) is 0 Å². The summed E-state index contributed by atoms with van der Waals surface area (Å²) in [7, 11) is 0. The SMILES string of the molecule is O[C@@H]1COC(F)(Cc2ccccc2)[C@](Cc2ccccc2)(OCc2ccccc2)[C@H]1O. The van der Waals surface area contributed by atoms with E-state index < -0.39 is 23.7 Å². The Labute approximate surface area is 181 Å². The summed E-state index contributed by atoms with van der Waals surface area (Å²) in [5.74, 6) is -2.35. The van der Waals surface area contributed by atoms with Crippen LogP contribution in [0, 0.1) is 0 Å². The van der Waals surface area contributed by atoms with Gasteiger partial charge in [0.25, 0.3) is 0 Å². The van der Waals surface area contributed by atoms with E-state index in [0.29, 0.717) is 5.56 Å². The van der Waals surface area contributed by atoms with Gasteiger partial charge in [-0.15, -0.1) is 0 Å². The third-order valence-electron chi connectivity index (χ3n) is 5.88.